The largest absolute Gasteiger partial charge is 0.494 e. The van der Waals surface area contributed by atoms with Gasteiger partial charge in [0.15, 0.2) is 6.04 Å². The number of hydrogen-bond donors (Lipinski definition) is 3. The summed E-state index contributed by atoms with van der Waals surface area (Å²) in [6.45, 7) is 2.41. The van der Waals surface area contributed by atoms with Gasteiger partial charge in [0.05, 0.1) is 6.61 Å². The zero-order chi connectivity index (χ0) is 12.8. The summed E-state index contributed by atoms with van der Waals surface area (Å²) in [5.74, 6) is -1.46. The number of aliphatic carboxylic acids is 1. The van der Waals surface area contributed by atoms with Crippen LogP contribution in [0.3, 0.4) is 0 Å². The number of rotatable bonds is 5. The van der Waals surface area contributed by atoms with Gasteiger partial charge in [-0.25, -0.2) is 4.79 Å². The van der Waals surface area contributed by atoms with Gasteiger partial charge in [-0.3, -0.25) is 4.79 Å². The van der Waals surface area contributed by atoms with Crippen LogP contribution < -0.4 is 15.8 Å². The standard InChI is InChI=1S/C11H14N2O4/c1-2-17-8-5-3-7(4-6-8)13-10(14)9(12)11(15)16/h3-6,9H,2,12H2,1H3,(H,13,14)(H,15,16). The highest BCUT2D eigenvalue weighted by Gasteiger charge is 2.20. The minimum absolute atomic E-state index is 0.468. The zero-order valence-electron chi connectivity index (χ0n) is 9.34. The molecule has 1 rings (SSSR count). The van der Waals surface area contributed by atoms with E-state index in [1.54, 1.807) is 24.3 Å². The molecule has 1 amide bonds. The molecule has 0 fully saturated rings. The molecule has 6 heteroatoms. The first kappa shape index (κ1) is 13.0. The summed E-state index contributed by atoms with van der Waals surface area (Å²) in [5, 5.41) is 10.9. The van der Waals surface area contributed by atoms with Gasteiger partial charge >= 0.3 is 5.97 Å². The molecule has 0 spiro atoms. The van der Waals surface area contributed by atoms with Gasteiger partial charge < -0.3 is 20.9 Å². The van der Waals surface area contributed by atoms with Gasteiger partial charge in [-0.05, 0) is 31.2 Å². The molecule has 0 bridgehead atoms. The predicted octanol–water partition coefficient (Wildman–Crippen LogP) is 0.436. The average molecular weight is 238 g/mol. The molecule has 4 N–H and O–H groups in total. The number of hydrogen-bond acceptors (Lipinski definition) is 4. The second-order valence-corrected chi connectivity index (χ2v) is 3.26. The Labute approximate surface area is 98.4 Å². The highest BCUT2D eigenvalue weighted by molar-refractivity contribution is 6.07. The first-order chi connectivity index (χ1) is 8.04. The predicted molar refractivity (Wildman–Crippen MR) is 61.9 cm³/mol. The minimum atomic E-state index is -1.57. The summed E-state index contributed by atoms with van der Waals surface area (Å²) in [4.78, 5) is 21.8. The van der Waals surface area contributed by atoms with Crippen LogP contribution in [0.2, 0.25) is 0 Å². The Morgan fingerprint density at radius 1 is 1.41 bits per heavy atom. The lowest BCUT2D eigenvalue weighted by molar-refractivity contribution is -0.141. The smallest absolute Gasteiger partial charge is 0.330 e. The van der Waals surface area contributed by atoms with Gasteiger partial charge in [-0.1, -0.05) is 0 Å². The van der Waals surface area contributed by atoms with Crippen LogP contribution in [-0.2, 0) is 9.59 Å². The van der Waals surface area contributed by atoms with Crippen molar-refractivity contribution in [1.82, 2.24) is 0 Å². The SMILES string of the molecule is CCOc1ccc(NC(=O)C(N)C(=O)O)cc1. The third-order valence-corrected chi connectivity index (χ3v) is 1.98. The average Bonchev–Trinajstić information content (AvgIpc) is 2.30. The van der Waals surface area contributed by atoms with E-state index in [0.717, 1.165) is 0 Å². The maximum atomic E-state index is 11.3. The highest BCUT2D eigenvalue weighted by atomic mass is 16.5. The van der Waals surface area contributed by atoms with Gasteiger partial charge in [0.25, 0.3) is 5.91 Å². The number of nitrogens with two attached hydrogens (primary N) is 1. The molecule has 0 saturated carbocycles. The van der Waals surface area contributed by atoms with Gasteiger partial charge in [0.2, 0.25) is 0 Å². The van der Waals surface area contributed by atoms with E-state index >= 15 is 0 Å². The molecule has 0 saturated heterocycles. The summed E-state index contributed by atoms with van der Waals surface area (Å²) >= 11 is 0. The Hall–Kier alpha value is -2.08. The van der Waals surface area contributed by atoms with E-state index in [9.17, 15) is 9.59 Å². The first-order valence-corrected chi connectivity index (χ1v) is 5.06. The molecule has 0 aliphatic carbocycles. The molecule has 0 aromatic heterocycles. The third-order valence-electron chi connectivity index (χ3n) is 1.98. The molecule has 1 aromatic carbocycles. The van der Waals surface area contributed by atoms with Crippen LogP contribution in [0.5, 0.6) is 5.75 Å². The third kappa shape index (κ3) is 3.76. The summed E-state index contributed by atoms with van der Waals surface area (Å²) < 4.78 is 5.22. The lowest BCUT2D eigenvalue weighted by Crippen LogP contribution is -2.42. The monoisotopic (exact) mass is 238 g/mol. The minimum Gasteiger partial charge on any atom is -0.494 e. The van der Waals surface area contributed by atoms with E-state index in [2.05, 4.69) is 5.32 Å². The molecule has 92 valence electrons. The van der Waals surface area contributed by atoms with Crippen molar-refractivity contribution in [2.24, 2.45) is 5.73 Å². The Balaban J connectivity index is 2.63. The van der Waals surface area contributed by atoms with Crippen LogP contribution in [0.4, 0.5) is 5.69 Å². The molecule has 17 heavy (non-hydrogen) atoms. The van der Waals surface area contributed by atoms with Crippen LogP contribution in [-0.4, -0.2) is 29.6 Å². The van der Waals surface area contributed by atoms with Crippen molar-refractivity contribution in [3.63, 3.8) is 0 Å². The summed E-state index contributed by atoms with van der Waals surface area (Å²) in [7, 11) is 0. The van der Waals surface area contributed by atoms with E-state index < -0.39 is 17.9 Å². The Bertz CT molecular complexity index is 402. The molecule has 0 heterocycles. The number of carboxylic acid groups (broad SMARTS) is 1. The number of carboxylic acids is 1. The number of carbonyl (C=O) groups excluding carboxylic acids is 1. The summed E-state index contributed by atoms with van der Waals surface area (Å²) in [6.07, 6.45) is 0. The van der Waals surface area contributed by atoms with E-state index in [1.165, 1.54) is 0 Å². The Morgan fingerprint density at radius 2 is 2.00 bits per heavy atom. The maximum absolute atomic E-state index is 11.3. The van der Waals surface area contributed by atoms with Gasteiger partial charge in [-0.15, -0.1) is 0 Å². The van der Waals surface area contributed by atoms with Crippen molar-refractivity contribution in [3.05, 3.63) is 24.3 Å². The molecular formula is C11H14N2O4. The van der Waals surface area contributed by atoms with Gasteiger partial charge in [-0.2, -0.15) is 0 Å². The van der Waals surface area contributed by atoms with Crippen LogP contribution in [0.1, 0.15) is 6.92 Å². The molecule has 1 unspecified atom stereocenters. The topological polar surface area (TPSA) is 102 Å². The lowest BCUT2D eigenvalue weighted by Gasteiger charge is -2.09. The van der Waals surface area contributed by atoms with Gasteiger partial charge in [0, 0.05) is 5.69 Å². The fourth-order valence-corrected chi connectivity index (χ4v) is 1.13. The molecule has 0 radical (unpaired) electrons. The van der Waals surface area contributed by atoms with E-state index in [0.29, 0.717) is 18.0 Å². The fraction of sp³-hybridized carbons (Fsp3) is 0.273. The number of ether oxygens (including phenoxy) is 1. The second-order valence-electron chi connectivity index (χ2n) is 3.26. The molecule has 1 aromatic rings. The van der Waals surface area contributed by atoms with Crippen molar-refractivity contribution in [2.45, 2.75) is 13.0 Å². The van der Waals surface area contributed by atoms with Crippen LogP contribution >= 0.6 is 0 Å². The maximum Gasteiger partial charge on any atom is 0.330 e. The van der Waals surface area contributed by atoms with E-state index in [-0.39, 0.29) is 0 Å². The van der Waals surface area contributed by atoms with E-state index in [1.807, 2.05) is 6.92 Å². The summed E-state index contributed by atoms with van der Waals surface area (Å²) in [5.41, 5.74) is 5.62. The van der Waals surface area contributed by atoms with Crippen LogP contribution in [0.15, 0.2) is 24.3 Å². The number of amides is 1. The molecular weight excluding hydrogens is 224 g/mol. The van der Waals surface area contributed by atoms with Gasteiger partial charge in [0.1, 0.15) is 5.75 Å². The van der Waals surface area contributed by atoms with E-state index in [4.69, 9.17) is 15.6 Å². The fourth-order valence-electron chi connectivity index (χ4n) is 1.13. The van der Waals surface area contributed by atoms with Crippen LogP contribution in [0, 0.1) is 0 Å². The highest BCUT2D eigenvalue weighted by Crippen LogP contribution is 2.15. The number of carbonyl (C=O) groups is 2. The second kappa shape index (κ2) is 5.86. The number of nitrogens with one attached hydrogen (secondary N) is 1. The normalized spacial score (nSPS) is 11.6. The van der Waals surface area contributed by atoms with Crippen molar-refractivity contribution in [3.8, 4) is 5.75 Å². The van der Waals surface area contributed by atoms with Crippen LogP contribution in [0.25, 0.3) is 0 Å². The zero-order valence-corrected chi connectivity index (χ0v) is 9.34. The molecule has 0 aliphatic rings. The van der Waals surface area contributed by atoms with Crippen molar-refractivity contribution in [1.29, 1.82) is 0 Å². The first-order valence-electron chi connectivity index (χ1n) is 5.06. The lowest BCUT2D eigenvalue weighted by atomic mass is 10.2. The van der Waals surface area contributed by atoms with Crippen molar-refractivity contribution >= 4 is 17.6 Å². The Morgan fingerprint density at radius 3 is 2.47 bits per heavy atom. The summed E-state index contributed by atoms with van der Waals surface area (Å²) in [6, 6.07) is 4.99. The van der Waals surface area contributed by atoms with Crippen molar-refractivity contribution in [2.75, 3.05) is 11.9 Å². The quantitative estimate of drug-likeness (QED) is 0.646. The molecule has 6 nitrogen and oxygen atoms in total. The molecule has 0 aliphatic heterocycles. The number of benzene rings is 1. The van der Waals surface area contributed by atoms with Crippen molar-refractivity contribution < 1.29 is 19.4 Å². The Kier molecular flexibility index (Phi) is 4.47. The number of anilines is 1. The molecule has 1 atom stereocenters.